The minimum absolute atomic E-state index is 0.0737. The Morgan fingerprint density at radius 3 is 2.35 bits per heavy atom. The van der Waals surface area contributed by atoms with Gasteiger partial charge >= 0.3 is 6.09 Å². The summed E-state index contributed by atoms with van der Waals surface area (Å²) in [4.78, 5) is 23.9. The lowest BCUT2D eigenvalue weighted by atomic mass is 10.1. The lowest BCUT2D eigenvalue weighted by molar-refractivity contribution is -0.125. The average Bonchev–Trinajstić information content (AvgIpc) is 3.16. The van der Waals surface area contributed by atoms with Crippen LogP contribution in [0.2, 0.25) is 0 Å². The van der Waals surface area contributed by atoms with E-state index in [9.17, 15) is 18.0 Å². The van der Waals surface area contributed by atoms with Gasteiger partial charge in [0, 0.05) is 12.6 Å². The van der Waals surface area contributed by atoms with Gasteiger partial charge in [-0.05, 0) is 46.0 Å². The van der Waals surface area contributed by atoms with E-state index in [-0.39, 0.29) is 23.5 Å². The maximum Gasteiger partial charge on any atom is 0.407 e. The summed E-state index contributed by atoms with van der Waals surface area (Å²) in [5.74, 6) is -0.353. The van der Waals surface area contributed by atoms with Gasteiger partial charge < -0.3 is 15.4 Å². The molecule has 1 aliphatic carbocycles. The van der Waals surface area contributed by atoms with E-state index in [2.05, 4.69) is 10.6 Å². The number of sulfone groups is 1. The Kier molecular flexibility index (Phi) is 5.23. The first-order valence-corrected chi connectivity index (χ1v) is 9.85. The molecule has 7 nitrogen and oxygen atoms in total. The highest BCUT2D eigenvalue weighted by Gasteiger charge is 2.37. The molecule has 8 heteroatoms. The second-order valence-corrected chi connectivity index (χ2v) is 9.66. The Labute approximate surface area is 137 Å². The van der Waals surface area contributed by atoms with Crippen molar-refractivity contribution in [3.63, 3.8) is 0 Å². The van der Waals surface area contributed by atoms with E-state index in [1.165, 1.54) is 0 Å². The largest absolute Gasteiger partial charge is 0.444 e. The molecule has 23 heavy (non-hydrogen) atoms. The molecular weight excluding hydrogens is 320 g/mol. The van der Waals surface area contributed by atoms with Crippen LogP contribution in [0.3, 0.4) is 0 Å². The monoisotopic (exact) mass is 346 g/mol. The fourth-order valence-corrected chi connectivity index (χ4v) is 4.39. The first kappa shape index (κ1) is 18.0. The Hall–Kier alpha value is -1.31. The number of hydrogen-bond acceptors (Lipinski definition) is 5. The minimum atomic E-state index is -3.08. The molecule has 2 aliphatic rings. The third-order valence-electron chi connectivity index (χ3n) is 3.99. The first-order valence-electron chi connectivity index (χ1n) is 8.03. The Balaban J connectivity index is 1.82. The van der Waals surface area contributed by atoms with Crippen molar-refractivity contribution in [2.45, 2.75) is 51.7 Å². The highest BCUT2D eigenvalue weighted by molar-refractivity contribution is 7.91. The fraction of sp³-hybridized carbons (Fsp3) is 0.867. The molecule has 1 saturated heterocycles. The summed E-state index contributed by atoms with van der Waals surface area (Å²) >= 11 is 0. The highest BCUT2D eigenvalue weighted by atomic mass is 32.2. The Bertz CT molecular complexity index is 563. The molecule has 2 fully saturated rings. The number of ether oxygens (including phenoxy) is 1. The van der Waals surface area contributed by atoms with E-state index in [4.69, 9.17) is 4.74 Å². The van der Waals surface area contributed by atoms with Crippen LogP contribution in [0.1, 0.15) is 40.0 Å². The molecule has 0 unspecified atom stereocenters. The molecule has 0 spiro atoms. The summed E-state index contributed by atoms with van der Waals surface area (Å²) in [7, 11) is -3.08. The summed E-state index contributed by atoms with van der Waals surface area (Å²) in [6.07, 6.45) is 1.87. The van der Waals surface area contributed by atoms with E-state index in [1.54, 1.807) is 20.8 Å². The minimum Gasteiger partial charge on any atom is -0.444 e. The van der Waals surface area contributed by atoms with Gasteiger partial charge in [-0.3, -0.25) is 4.79 Å². The van der Waals surface area contributed by atoms with Crippen LogP contribution in [0.15, 0.2) is 0 Å². The molecule has 1 heterocycles. The van der Waals surface area contributed by atoms with Crippen LogP contribution in [0.5, 0.6) is 0 Å². The van der Waals surface area contributed by atoms with Gasteiger partial charge in [0.1, 0.15) is 5.60 Å². The second kappa shape index (κ2) is 6.67. The van der Waals surface area contributed by atoms with E-state index in [0.717, 1.165) is 12.8 Å². The Morgan fingerprint density at radius 2 is 1.87 bits per heavy atom. The number of nitrogens with one attached hydrogen (secondary N) is 2. The summed E-state index contributed by atoms with van der Waals surface area (Å²) in [5.41, 5.74) is -0.569. The van der Waals surface area contributed by atoms with Crippen molar-refractivity contribution < 1.29 is 22.7 Å². The number of rotatable bonds is 5. The van der Waals surface area contributed by atoms with Gasteiger partial charge in [-0.2, -0.15) is 0 Å². The zero-order valence-electron chi connectivity index (χ0n) is 13.9. The molecule has 2 rings (SSSR count). The van der Waals surface area contributed by atoms with Gasteiger partial charge in [0.2, 0.25) is 5.91 Å². The summed E-state index contributed by atoms with van der Waals surface area (Å²) < 4.78 is 28.1. The summed E-state index contributed by atoms with van der Waals surface area (Å²) in [6.45, 7) is 5.65. The quantitative estimate of drug-likeness (QED) is 0.768. The smallest absolute Gasteiger partial charge is 0.407 e. The van der Waals surface area contributed by atoms with E-state index >= 15 is 0 Å². The van der Waals surface area contributed by atoms with Crippen LogP contribution >= 0.6 is 0 Å². The summed E-state index contributed by atoms with van der Waals surface area (Å²) in [5, 5.41) is 5.58. The van der Waals surface area contributed by atoms with Crippen molar-refractivity contribution in [3.05, 3.63) is 0 Å². The van der Waals surface area contributed by atoms with Crippen molar-refractivity contribution in [3.8, 4) is 0 Å². The summed E-state index contributed by atoms with van der Waals surface area (Å²) in [6, 6.07) is -0.168. The first-order chi connectivity index (χ1) is 10.6. The van der Waals surface area contributed by atoms with Crippen LogP contribution in [0.4, 0.5) is 4.79 Å². The number of amides is 2. The predicted octanol–water partition coefficient (Wildman–Crippen LogP) is 0.841. The molecule has 2 atom stereocenters. The topological polar surface area (TPSA) is 102 Å². The maximum atomic E-state index is 12.2. The van der Waals surface area contributed by atoms with Crippen LogP contribution in [0.25, 0.3) is 0 Å². The normalized spacial score (nSPS) is 24.7. The molecule has 0 aromatic carbocycles. The molecule has 1 saturated carbocycles. The fourth-order valence-electron chi connectivity index (χ4n) is 2.64. The highest BCUT2D eigenvalue weighted by Crippen LogP contribution is 2.33. The number of carbonyl (C=O) groups is 2. The second-order valence-electron chi connectivity index (χ2n) is 7.44. The number of hydrogen-bond donors (Lipinski definition) is 2. The molecule has 0 bridgehead atoms. The van der Waals surface area contributed by atoms with Crippen LogP contribution < -0.4 is 10.6 Å². The van der Waals surface area contributed by atoms with Gasteiger partial charge in [0.15, 0.2) is 9.84 Å². The van der Waals surface area contributed by atoms with Crippen molar-refractivity contribution in [1.29, 1.82) is 0 Å². The average molecular weight is 346 g/mol. The molecule has 0 aromatic rings. The van der Waals surface area contributed by atoms with Crippen LogP contribution in [0, 0.1) is 11.8 Å². The van der Waals surface area contributed by atoms with Crippen LogP contribution in [-0.2, 0) is 19.4 Å². The van der Waals surface area contributed by atoms with Gasteiger partial charge in [0.05, 0.1) is 17.4 Å². The molecule has 132 valence electrons. The van der Waals surface area contributed by atoms with E-state index in [1.807, 2.05) is 0 Å². The van der Waals surface area contributed by atoms with Gasteiger partial charge in [-0.25, -0.2) is 13.2 Å². The van der Waals surface area contributed by atoms with Gasteiger partial charge in [-0.1, -0.05) is 0 Å². The van der Waals surface area contributed by atoms with Crippen molar-refractivity contribution >= 4 is 21.8 Å². The zero-order valence-corrected chi connectivity index (χ0v) is 14.7. The maximum absolute atomic E-state index is 12.2. The van der Waals surface area contributed by atoms with E-state index in [0.29, 0.717) is 18.9 Å². The zero-order chi connectivity index (χ0) is 17.3. The molecule has 1 aliphatic heterocycles. The van der Waals surface area contributed by atoms with Crippen molar-refractivity contribution in [2.24, 2.45) is 11.8 Å². The van der Waals surface area contributed by atoms with Crippen LogP contribution in [-0.4, -0.2) is 50.1 Å². The molecular formula is C15H26N2O5S. The molecule has 0 radical (unpaired) electrons. The third kappa shape index (κ3) is 6.01. The third-order valence-corrected chi connectivity index (χ3v) is 5.76. The lowest BCUT2D eigenvalue weighted by Gasteiger charge is -2.23. The predicted molar refractivity (Wildman–Crippen MR) is 85.7 cm³/mol. The van der Waals surface area contributed by atoms with Crippen molar-refractivity contribution in [2.75, 3.05) is 18.1 Å². The molecule has 0 aromatic heterocycles. The number of carbonyl (C=O) groups excluding carboxylic acids is 2. The Morgan fingerprint density at radius 1 is 1.22 bits per heavy atom. The van der Waals surface area contributed by atoms with Gasteiger partial charge in [-0.15, -0.1) is 0 Å². The molecule has 2 N–H and O–H groups in total. The van der Waals surface area contributed by atoms with Gasteiger partial charge in [0.25, 0.3) is 0 Å². The van der Waals surface area contributed by atoms with Crippen molar-refractivity contribution in [1.82, 2.24) is 10.6 Å². The van der Waals surface area contributed by atoms with E-state index < -0.39 is 27.4 Å². The standard InChI is InChI=1S/C15H26N2O5S/c1-15(2,3)22-14(19)16-8-12(10-4-5-10)17-13(18)11-6-7-23(20,21)9-11/h10-12H,4-9H2,1-3H3,(H,16,19)(H,17,18)/t11-,12+/m1/s1. The molecule has 2 amide bonds. The number of alkyl carbamates (subject to hydrolysis) is 1. The lowest BCUT2D eigenvalue weighted by Crippen LogP contribution is -2.48. The SMILES string of the molecule is CC(C)(C)OC(=O)NC[C@H](NC(=O)[C@@H]1CCS(=O)(=O)C1)C1CC1.